The molecule has 2 radical (unpaired) electrons. The van der Waals surface area contributed by atoms with Gasteiger partial charge in [0, 0.05) is 13.2 Å². The van der Waals surface area contributed by atoms with E-state index >= 15 is 0 Å². The predicted molar refractivity (Wildman–Crippen MR) is 113 cm³/mol. The topological polar surface area (TPSA) is 291 Å². The highest BCUT2D eigenvalue weighted by atomic mass is 28.2. The molecule has 198 valence electrons. The van der Waals surface area contributed by atoms with Gasteiger partial charge in [-0.15, -0.1) is 0 Å². The van der Waals surface area contributed by atoms with Crippen LogP contribution in [0.1, 0.15) is 26.7 Å². The van der Waals surface area contributed by atoms with Crippen molar-refractivity contribution in [1.82, 2.24) is 5.32 Å². The number of hydrogen-bond donors (Lipinski definition) is 6. The number of nitrogens with one attached hydrogen (secondary N) is 1. The van der Waals surface area contributed by atoms with Crippen molar-refractivity contribution < 1.29 is 52.5 Å². The number of rotatable bonds is 16. The molecule has 0 aromatic carbocycles. The molecule has 2 amide bonds. The quantitative estimate of drug-likeness (QED) is 0.0486. The van der Waals surface area contributed by atoms with Gasteiger partial charge in [0.15, 0.2) is 11.3 Å². The Kier molecular flexibility index (Phi) is 14.3. The second-order valence-corrected chi connectivity index (χ2v) is 7.94. The van der Waals surface area contributed by atoms with Gasteiger partial charge in [0.2, 0.25) is 21.6 Å². The first-order valence-electron chi connectivity index (χ1n) is 10.1. The average molecular weight is 523 g/mol. The largest absolute Gasteiger partial charge is 0.418 e. The van der Waals surface area contributed by atoms with Crippen molar-refractivity contribution in [3.05, 3.63) is 0 Å². The van der Waals surface area contributed by atoms with E-state index in [1.54, 1.807) is 0 Å². The van der Waals surface area contributed by atoms with Crippen LogP contribution < -0.4 is 34.6 Å². The van der Waals surface area contributed by atoms with E-state index in [1.807, 2.05) is 6.92 Å². The number of nitrogens with two attached hydrogens (primary N) is 5. The van der Waals surface area contributed by atoms with Crippen LogP contribution in [0.2, 0.25) is 6.04 Å². The van der Waals surface area contributed by atoms with E-state index in [9.17, 15) is 28.8 Å². The summed E-state index contributed by atoms with van der Waals surface area (Å²) in [5.41, 5.74) is 2.53. The Morgan fingerprint density at radius 1 is 0.886 bits per heavy atom. The van der Waals surface area contributed by atoms with Gasteiger partial charge in [0.1, 0.15) is 0 Å². The van der Waals surface area contributed by atoms with E-state index in [1.165, 1.54) is 6.92 Å². The first kappa shape index (κ1) is 31.8. The Hall–Kier alpha value is -3.16. The van der Waals surface area contributed by atoms with Gasteiger partial charge in [-0.2, -0.15) is 23.6 Å². The zero-order valence-electron chi connectivity index (χ0n) is 19.1. The number of carbonyl (C=O) groups is 6. The molecule has 11 N–H and O–H groups in total. The Morgan fingerprint density at radius 3 is 1.89 bits per heavy atom. The second-order valence-electron chi connectivity index (χ2n) is 6.86. The van der Waals surface area contributed by atoms with Gasteiger partial charge < -0.3 is 34.8 Å². The summed E-state index contributed by atoms with van der Waals surface area (Å²) in [6.45, 7) is 3.54. The molecule has 0 heterocycles. The molecule has 0 fully saturated rings. The van der Waals surface area contributed by atoms with E-state index in [0.29, 0.717) is 19.1 Å². The lowest BCUT2D eigenvalue weighted by atomic mass is 9.63. The molecule has 0 aliphatic rings. The summed E-state index contributed by atoms with van der Waals surface area (Å²) in [4.78, 5) is 92.5. The van der Waals surface area contributed by atoms with Crippen LogP contribution in [-0.2, 0) is 52.5 Å². The molecule has 18 heteroatoms. The number of hydrogen-bond acceptors (Lipinski definition) is 15. The lowest BCUT2D eigenvalue weighted by molar-refractivity contribution is -0.187. The highest BCUT2D eigenvalue weighted by Gasteiger charge is 2.63. The minimum atomic E-state index is -2.69. The Balaban J connectivity index is 6.77. The summed E-state index contributed by atoms with van der Waals surface area (Å²) in [5, 5.41) is 2.41. The number of carbonyl (C=O) groups excluding carboxylic acids is 6. The van der Waals surface area contributed by atoms with Crippen LogP contribution in [0, 0.1) is 23.2 Å². The van der Waals surface area contributed by atoms with Crippen molar-refractivity contribution in [3.63, 3.8) is 0 Å². The molecule has 0 saturated heterocycles. The van der Waals surface area contributed by atoms with Gasteiger partial charge in [-0.1, -0.05) is 6.92 Å². The van der Waals surface area contributed by atoms with Gasteiger partial charge in [0.05, 0.1) is 11.8 Å². The highest BCUT2D eigenvalue weighted by molar-refractivity contribution is 6.27. The predicted octanol–water partition coefficient (Wildman–Crippen LogP) is -4.04. The van der Waals surface area contributed by atoms with Crippen molar-refractivity contribution in [3.8, 4) is 0 Å². The smallest absolute Gasteiger partial charge is 0.341 e. The molecule has 35 heavy (non-hydrogen) atoms. The third-order valence-corrected chi connectivity index (χ3v) is 6.16. The maximum atomic E-state index is 13.3. The molecule has 0 saturated carbocycles. The number of primary amides is 1. The zero-order chi connectivity index (χ0) is 27.2. The molecule has 0 aromatic heterocycles. The Labute approximate surface area is 202 Å². The molecule has 0 bridgehead atoms. The van der Waals surface area contributed by atoms with Crippen molar-refractivity contribution in [2.45, 2.75) is 32.7 Å². The van der Waals surface area contributed by atoms with Gasteiger partial charge in [0.25, 0.3) is 0 Å². The first-order chi connectivity index (χ1) is 16.5. The van der Waals surface area contributed by atoms with E-state index in [-0.39, 0.29) is 16.3 Å². The summed E-state index contributed by atoms with van der Waals surface area (Å²) < 4.78 is 5.21. The Bertz CT molecular complexity index is 786. The minimum Gasteiger partial charge on any atom is -0.418 e. The van der Waals surface area contributed by atoms with E-state index in [2.05, 4.69) is 24.7 Å². The molecule has 2 unspecified atom stereocenters. The standard InChI is InChI=1S/C17H30N6O11Si/c1-3-17(16(29)34-22,15(28)23-6-5-7-35-30-4-2)10(14(27)33-21)8(12(25)31-19)9(11(18)24)13(26)32-20/h8-10H,3-7,19-22H2,1-2H3,(H2,18,24)(H,23,28)/t8?,9?,10-,17+/m1/s1. The SMILES string of the molecule is CCO[Si]CCCNC(=O)[C@@](CC)(C(=O)ON)[C@@H](C(=O)ON)C(C(=O)ON)C(C(N)=O)C(=O)ON. The normalized spacial score (nSPS) is 14.9. The zero-order valence-corrected chi connectivity index (χ0v) is 20.1. The van der Waals surface area contributed by atoms with Crippen LogP contribution in [0.5, 0.6) is 0 Å². The summed E-state index contributed by atoms with van der Waals surface area (Å²) in [6, 6.07) is 0.553. The molecule has 4 atom stereocenters. The summed E-state index contributed by atoms with van der Waals surface area (Å²) >= 11 is 0. The number of amides is 2. The summed E-state index contributed by atoms with van der Waals surface area (Å²) in [5.74, 6) is 3.48. The summed E-state index contributed by atoms with van der Waals surface area (Å²) in [6.07, 6.45) is -0.182. The van der Waals surface area contributed by atoms with Gasteiger partial charge >= 0.3 is 23.9 Å². The highest BCUT2D eigenvalue weighted by Crippen LogP contribution is 2.42. The molecule has 0 aromatic rings. The first-order valence-corrected chi connectivity index (χ1v) is 11.2. The maximum Gasteiger partial charge on any atom is 0.341 e. The summed E-state index contributed by atoms with van der Waals surface area (Å²) in [7, 11) is 0.149. The molecule has 0 aliphatic heterocycles. The third-order valence-electron chi connectivity index (χ3n) is 5.11. The fourth-order valence-corrected chi connectivity index (χ4v) is 4.14. The van der Waals surface area contributed by atoms with Gasteiger partial charge in [-0.3, -0.25) is 14.4 Å². The van der Waals surface area contributed by atoms with Crippen LogP contribution in [0.3, 0.4) is 0 Å². The van der Waals surface area contributed by atoms with Crippen LogP contribution in [0.15, 0.2) is 0 Å². The van der Waals surface area contributed by atoms with Crippen LogP contribution in [0.4, 0.5) is 0 Å². The fraction of sp³-hybridized carbons (Fsp3) is 0.647. The molecule has 0 spiro atoms. The van der Waals surface area contributed by atoms with Crippen LogP contribution in [0.25, 0.3) is 0 Å². The average Bonchev–Trinajstić information content (AvgIpc) is 2.85. The van der Waals surface area contributed by atoms with E-state index < -0.39 is 65.3 Å². The van der Waals surface area contributed by atoms with Crippen molar-refractivity contribution in [1.29, 1.82) is 0 Å². The lowest BCUT2D eigenvalue weighted by Crippen LogP contribution is -2.61. The van der Waals surface area contributed by atoms with E-state index in [0.717, 1.165) is 0 Å². The maximum absolute atomic E-state index is 13.3. The second kappa shape index (κ2) is 15.7. The Morgan fingerprint density at radius 2 is 1.46 bits per heavy atom. The fourth-order valence-electron chi connectivity index (χ4n) is 3.47. The van der Waals surface area contributed by atoms with Crippen LogP contribution in [-0.4, -0.2) is 58.6 Å². The van der Waals surface area contributed by atoms with Crippen molar-refractivity contribution >= 4 is 45.5 Å². The molecular weight excluding hydrogens is 492 g/mol. The van der Waals surface area contributed by atoms with Crippen molar-refractivity contribution in [2.75, 3.05) is 13.2 Å². The molecule has 0 rings (SSSR count). The van der Waals surface area contributed by atoms with Crippen molar-refractivity contribution in [2.24, 2.45) is 52.5 Å². The van der Waals surface area contributed by atoms with E-state index in [4.69, 9.17) is 33.7 Å². The lowest BCUT2D eigenvalue weighted by Gasteiger charge is -2.38. The van der Waals surface area contributed by atoms with Crippen LogP contribution >= 0.6 is 0 Å². The molecule has 0 aliphatic carbocycles. The monoisotopic (exact) mass is 522 g/mol. The minimum absolute atomic E-state index is 0.0149. The van der Waals surface area contributed by atoms with Gasteiger partial charge in [-0.05, 0) is 25.8 Å². The van der Waals surface area contributed by atoms with Gasteiger partial charge in [-0.25, -0.2) is 14.4 Å². The molecular formula is C17H30N6O11Si. The third kappa shape index (κ3) is 7.67. The molecule has 17 nitrogen and oxygen atoms in total.